The van der Waals surface area contributed by atoms with Crippen molar-refractivity contribution in [1.82, 2.24) is 9.80 Å². The first kappa shape index (κ1) is 15.6. The zero-order valence-electron chi connectivity index (χ0n) is 14.3. The van der Waals surface area contributed by atoms with E-state index >= 15 is 0 Å². The Morgan fingerprint density at radius 3 is 2.25 bits per heavy atom. The Bertz CT molecular complexity index is 409. The average Bonchev–Trinajstić information content (AvgIpc) is 2.33. The van der Waals surface area contributed by atoms with E-state index in [2.05, 4.69) is 48.5 Å². The summed E-state index contributed by atoms with van der Waals surface area (Å²) in [5.74, 6) is 0. The normalized spacial score (nSPS) is 33.1. The lowest BCUT2D eigenvalue weighted by Crippen LogP contribution is -2.74. The van der Waals surface area contributed by atoms with Gasteiger partial charge in [0.25, 0.3) is 0 Å². The van der Waals surface area contributed by atoms with Gasteiger partial charge in [-0.1, -0.05) is 34.6 Å². The molecule has 116 valence electrons. The Morgan fingerprint density at radius 2 is 1.75 bits per heavy atom. The van der Waals surface area contributed by atoms with E-state index in [9.17, 15) is 4.79 Å². The van der Waals surface area contributed by atoms with Crippen LogP contribution in [0.5, 0.6) is 0 Å². The Kier molecular flexibility index (Phi) is 3.40. The maximum atomic E-state index is 12.7. The Labute approximate surface area is 123 Å². The molecule has 2 fully saturated rings. The Hall–Kier alpha value is -0.770. The van der Waals surface area contributed by atoms with Crippen LogP contribution in [-0.4, -0.2) is 53.7 Å². The van der Waals surface area contributed by atoms with Crippen molar-refractivity contribution in [2.24, 2.45) is 10.8 Å². The van der Waals surface area contributed by atoms with Crippen LogP contribution in [0.4, 0.5) is 4.79 Å². The van der Waals surface area contributed by atoms with E-state index in [4.69, 9.17) is 4.74 Å². The third-order valence-electron chi connectivity index (χ3n) is 5.94. The highest BCUT2D eigenvalue weighted by Gasteiger charge is 2.57. The van der Waals surface area contributed by atoms with Crippen molar-refractivity contribution in [3.8, 4) is 0 Å². The van der Waals surface area contributed by atoms with Crippen molar-refractivity contribution in [2.75, 3.05) is 20.2 Å². The highest BCUT2D eigenvalue weighted by Crippen LogP contribution is 2.46. The summed E-state index contributed by atoms with van der Waals surface area (Å²) in [6.07, 6.45) is 0.105. The fraction of sp³-hybridized carbons (Fsp3) is 0.938. The zero-order valence-corrected chi connectivity index (χ0v) is 14.3. The molecule has 20 heavy (non-hydrogen) atoms. The lowest BCUT2D eigenvalue weighted by atomic mass is 9.66. The largest absolute Gasteiger partial charge is 0.374 e. The van der Waals surface area contributed by atoms with Crippen molar-refractivity contribution in [3.05, 3.63) is 0 Å². The summed E-state index contributed by atoms with van der Waals surface area (Å²) >= 11 is 0. The summed E-state index contributed by atoms with van der Waals surface area (Å²) in [6.45, 7) is 16.6. The van der Waals surface area contributed by atoms with Crippen molar-refractivity contribution in [3.63, 3.8) is 0 Å². The second-order valence-electron chi connectivity index (χ2n) is 8.48. The fourth-order valence-electron chi connectivity index (χ4n) is 3.26. The van der Waals surface area contributed by atoms with Gasteiger partial charge >= 0.3 is 6.03 Å². The number of nitrogens with zero attached hydrogens (tertiary/aromatic N) is 2. The molecule has 2 heterocycles. The molecule has 2 aliphatic rings. The highest BCUT2D eigenvalue weighted by molar-refractivity contribution is 5.77. The number of carbonyl (C=O) groups is 1. The molecular weight excluding hydrogens is 252 g/mol. The molecule has 2 unspecified atom stereocenters. The fourth-order valence-corrected chi connectivity index (χ4v) is 3.26. The molecule has 2 rings (SSSR count). The molecule has 2 amide bonds. The van der Waals surface area contributed by atoms with E-state index < -0.39 is 0 Å². The summed E-state index contributed by atoms with van der Waals surface area (Å²) in [7, 11) is 1.92. The molecule has 0 radical (unpaired) electrons. The Morgan fingerprint density at radius 1 is 1.20 bits per heavy atom. The van der Waals surface area contributed by atoms with Gasteiger partial charge in [-0.05, 0) is 19.3 Å². The smallest absolute Gasteiger partial charge is 0.320 e. The number of rotatable bonds is 0. The van der Waals surface area contributed by atoms with Gasteiger partial charge in [0.15, 0.2) is 0 Å². The van der Waals surface area contributed by atoms with Gasteiger partial charge in [0, 0.05) is 24.5 Å². The number of urea groups is 1. The Balaban J connectivity index is 2.33. The second kappa shape index (κ2) is 4.36. The molecule has 2 atom stereocenters. The first-order valence-electron chi connectivity index (χ1n) is 7.56. The van der Waals surface area contributed by atoms with Crippen molar-refractivity contribution in [2.45, 2.75) is 66.2 Å². The molecule has 4 nitrogen and oxygen atoms in total. The van der Waals surface area contributed by atoms with E-state index in [1.54, 1.807) is 0 Å². The molecule has 0 aliphatic carbocycles. The molecule has 0 saturated carbocycles. The summed E-state index contributed by atoms with van der Waals surface area (Å²) < 4.78 is 6.11. The molecule has 0 N–H and O–H groups in total. The predicted octanol–water partition coefficient (Wildman–Crippen LogP) is 2.97. The van der Waals surface area contributed by atoms with E-state index in [-0.39, 0.29) is 34.5 Å². The van der Waals surface area contributed by atoms with Crippen molar-refractivity contribution < 1.29 is 9.53 Å². The standard InChI is InChI=1S/C16H30N2O2/c1-14(2,3)12-9-18-11(10-20-12)15(4,5)16(6,7)17(8)13(18)19/h11-12H,9-10H2,1-8H3. The predicted molar refractivity (Wildman–Crippen MR) is 80.7 cm³/mol. The maximum absolute atomic E-state index is 12.7. The number of carbonyl (C=O) groups excluding carboxylic acids is 1. The first-order valence-corrected chi connectivity index (χ1v) is 7.56. The number of morpholine rings is 1. The third-order valence-corrected chi connectivity index (χ3v) is 5.94. The second-order valence-corrected chi connectivity index (χ2v) is 8.48. The topological polar surface area (TPSA) is 32.8 Å². The van der Waals surface area contributed by atoms with Crippen LogP contribution in [0.25, 0.3) is 0 Å². The molecule has 0 aromatic heterocycles. The average molecular weight is 282 g/mol. The van der Waals surface area contributed by atoms with Crippen LogP contribution < -0.4 is 0 Å². The van der Waals surface area contributed by atoms with Crippen LogP contribution in [0.3, 0.4) is 0 Å². The van der Waals surface area contributed by atoms with Crippen LogP contribution in [0.15, 0.2) is 0 Å². The molecular formula is C16H30N2O2. The van der Waals surface area contributed by atoms with Crippen LogP contribution in [-0.2, 0) is 4.74 Å². The number of fused-ring (bicyclic) bond motifs is 1. The van der Waals surface area contributed by atoms with Gasteiger partial charge in [0.1, 0.15) is 0 Å². The number of hydrogen-bond donors (Lipinski definition) is 0. The lowest BCUT2D eigenvalue weighted by Gasteiger charge is -2.62. The zero-order chi connectivity index (χ0) is 15.5. The van der Waals surface area contributed by atoms with Crippen LogP contribution in [0.2, 0.25) is 0 Å². The minimum absolute atomic E-state index is 0.0154. The minimum Gasteiger partial charge on any atom is -0.374 e. The van der Waals surface area contributed by atoms with Crippen LogP contribution in [0, 0.1) is 10.8 Å². The third kappa shape index (κ3) is 2.03. The van der Waals surface area contributed by atoms with Gasteiger partial charge in [-0.15, -0.1) is 0 Å². The number of hydrogen-bond acceptors (Lipinski definition) is 2. The van der Waals surface area contributed by atoms with E-state index in [0.717, 1.165) is 0 Å². The van der Waals surface area contributed by atoms with Gasteiger partial charge in [0.2, 0.25) is 0 Å². The number of ether oxygens (including phenoxy) is 1. The molecule has 0 bridgehead atoms. The van der Waals surface area contributed by atoms with Gasteiger partial charge in [-0.2, -0.15) is 0 Å². The van der Waals surface area contributed by atoms with Crippen LogP contribution in [0.1, 0.15) is 48.5 Å². The quantitative estimate of drug-likeness (QED) is 0.684. The molecule has 4 heteroatoms. The van der Waals surface area contributed by atoms with Crippen molar-refractivity contribution in [1.29, 1.82) is 0 Å². The summed E-state index contributed by atoms with van der Waals surface area (Å²) in [4.78, 5) is 16.7. The number of amides is 2. The van der Waals surface area contributed by atoms with Gasteiger partial charge < -0.3 is 14.5 Å². The monoisotopic (exact) mass is 282 g/mol. The van der Waals surface area contributed by atoms with E-state index in [1.807, 2.05) is 16.8 Å². The summed E-state index contributed by atoms with van der Waals surface area (Å²) in [5, 5.41) is 0. The lowest BCUT2D eigenvalue weighted by molar-refractivity contribution is -0.159. The van der Waals surface area contributed by atoms with Crippen molar-refractivity contribution >= 4 is 6.03 Å². The molecule has 2 aliphatic heterocycles. The first-order chi connectivity index (χ1) is 8.90. The SMILES string of the molecule is CN1C(=O)N2CC(C(C)(C)C)OCC2C(C)(C)C1(C)C. The highest BCUT2D eigenvalue weighted by atomic mass is 16.5. The van der Waals surface area contributed by atoms with Gasteiger partial charge in [0.05, 0.1) is 18.8 Å². The molecule has 2 saturated heterocycles. The summed E-state index contributed by atoms with van der Waals surface area (Å²) in [6, 6.07) is 0.289. The molecule has 0 spiro atoms. The van der Waals surface area contributed by atoms with E-state index in [1.165, 1.54) is 0 Å². The maximum Gasteiger partial charge on any atom is 0.320 e. The minimum atomic E-state index is -0.177. The molecule has 0 aromatic carbocycles. The van der Waals surface area contributed by atoms with Crippen LogP contribution >= 0.6 is 0 Å². The molecule has 0 aromatic rings. The summed E-state index contributed by atoms with van der Waals surface area (Å²) in [5.41, 5.74) is -0.136. The van der Waals surface area contributed by atoms with Gasteiger partial charge in [-0.3, -0.25) is 0 Å². The van der Waals surface area contributed by atoms with Gasteiger partial charge in [-0.25, -0.2) is 4.79 Å². The van der Waals surface area contributed by atoms with E-state index in [0.29, 0.717) is 13.2 Å².